The van der Waals surface area contributed by atoms with Gasteiger partial charge in [-0.25, -0.2) is 0 Å². The summed E-state index contributed by atoms with van der Waals surface area (Å²) in [5, 5.41) is 8.86. The van der Waals surface area contributed by atoms with Crippen LogP contribution in [0.25, 0.3) is 0 Å². The summed E-state index contributed by atoms with van der Waals surface area (Å²) < 4.78 is 36.1. The molecule has 0 fully saturated rings. The number of rotatable bonds is 5. The molecule has 5 heteroatoms. The molecule has 0 aliphatic rings. The van der Waals surface area contributed by atoms with Gasteiger partial charge in [-0.05, 0) is 18.4 Å². The van der Waals surface area contributed by atoms with Crippen LogP contribution in [0.1, 0.15) is 18.4 Å². The molecule has 0 amide bonds. The molecular formula is C12H13F3O2. The second-order valence-corrected chi connectivity index (χ2v) is 3.88. The first-order chi connectivity index (χ1) is 7.88. The van der Waals surface area contributed by atoms with Crippen molar-refractivity contribution in [3.8, 4) is 0 Å². The van der Waals surface area contributed by atoms with Gasteiger partial charge >= 0.3 is 12.1 Å². The first kappa shape index (κ1) is 13.5. The maximum absolute atomic E-state index is 12.0. The number of aliphatic carboxylic acids is 1. The van der Waals surface area contributed by atoms with E-state index in [2.05, 4.69) is 0 Å². The van der Waals surface area contributed by atoms with Gasteiger partial charge in [-0.2, -0.15) is 13.2 Å². The Morgan fingerprint density at radius 3 is 2.29 bits per heavy atom. The molecule has 0 heterocycles. The molecule has 0 aromatic heterocycles. The maximum atomic E-state index is 12.0. The summed E-state index contributed by atoms with van der Waals surface area (Å²) in [7, 11) is 0. The van der Waals surface area contributed by atoms with Gasteiger partial charge in [0.2, 0.25) is 0 Å². The molecule has 1 aromatic rings. The predicted octanol–water partition coefficient (Wildman–Crippen LogP) is 3.27. The minimum Gasteiger partial charge on any atom is -0.481 e. The van der Waals surface area contributed by atoms with Crippen molar-refractivity contribution in [2.45, 2.75) is 25.4 Å². The summed E-state index contributed by atoms with van der Waals surface area (Å²) in [5.74, 6) is -2.17. The zero-order valence-electron chi connectivity index (χ0n) is 9.07. The average molecular weight is 246 g/mol. The van der Waals surface area contributed by atoms with Crippen LogP contribution in [0.4, 0.5) is 13.2 Å². The zero-order valence-corrected chi connectivity index (χ0v) is 9.07. The number of hydrogen-bond donors (Lipinski definition) is 1. The lowest BCUT2D eigenvalue weighted by Crippen LogP contribution is -2.20. The Labute approximate surface area is 97.1 Å². The first-order valence-electron chi connectivity index (χ1n) is 5.22. The molecule has 1 aromatic carbocycles. The van der Waals surface area contributed by atoms with Crippen LogP contribution in [-0.4, -0.2) is 17.3 Å². The van der Waals surface area contributed by atoms with Crippen LogP contribution in [0, 0.1) is 5.92 Å². The van der Waals surface area contributed by atoms with E-state index in [1.54, 1.807) is 30.3 Å². The second kappa shape index (κ2) is 5.70. The van der Waals surface area contributed by atoms with E-state index in [9.17, 15) is 18.0 Å². The van der Waals surface area contributed by atoms with Crippen LogP contribution in [0.5, 0.6) is 0 Å². The van der Waals surface area contributed by atoms with E-state index in [1.807, 2.05) is 0 Å². The SMILES string of the molecule is O=C(O)C(CCC(F)(F)F)Cc1ccccc1. The van der Waals surface area contributed by atoms with Gasteiger partial charge in [-0.1, -0.05) is 30.3 Å². The quantitative estimate of drug-likeness (QED) is 0.865. The second-order valence-electron chi connectivity index (χ2n) is 3.88. The molecular weight excluding hydrogens is 233 g/mol. The molecule has 0 aliphatic carbocycles. The predicted molar refractivity (Wildman–Crippen MR) is 56.6 cm³/mol. The van der Waals surface area contributed by atoms with Gasteiger partial charge in [0.1, 0.15) is 0 Å². The van der Waals surface area contributed by atoms with E-state index >= 15 is 0 Å². The fourth-order valence-electron chi connectivity index (χ4n) is 1.55. The third kappa shape index (κ3) is 5.38. The van der Waals surface area contributed by atoms with E-state index < -0.39 is 24.5 Å². The van der Waals surface area contributed by atoms with Gasteiger partial charge in [0.25, 0.3) is 0 Å². The van der Waals surface area contributed by atoms with Crippen LogP contribution < -0.4 is 0 Å². The number of hydrogen-bond acceptors (Lipinski definition) is 1. The average Bonchev–Trinajstić information content (AvgIpc) is 2.24. The topological polar surface area (TPSA) is 37.3 Å². The molecule has 0 spiro atoms. The summed E-state index contributed by atoms with van der Waals surface area (Å²) in [6, 6.07) is 8.66. The van der Waals surface area contributed by atoms with Crippen molar-refractivity contribution >= 4 is 5.97 Å². The highest BCUT2D eigenvalue weighted by Crippen LogP contribution is 2.25. The Morgan fingerprint density at radius 2 is 1.82 bits per heavy atom. The smallest absolute Gasteiger partial charge is 0.389 e. The molecule has 1 N–H and O–H groups in total. The largest absolute Gasteiger partial charge is 0.481 e. The van der Waals surface area contributed by atoms with Gasteiger partial charge in [-0.3, -0.25) is 4.79 Å². The maximum Gasteiger partial charge on any atom is 0.389 e. The Balaban J connectivity index is 2.59. The van der Waals surface area contributed by atoms with Gasteiger partial charge in [0.15, 0.2) is 0 Å². The van der Waals surface area contributed by atoms with Crippen molar-refractivity contribution in [2.24, 2.45) is 5.92 Å². The Hall–Kier alpha value is -1.52. The number of halogens is 3. The van der Waals surface area contributed by atoms with Crippen LogP contribution in [0.2, 0.25) is 0 Å². The van der Waals surface area contributed by atoms with Crippen molar-refractivity contribution in [1.82, 2.24) is 0 Å². The lowest BCUT2D eigenvalue weighted by Gasteiger charge is -2.13. The monoisotopic (exact) mass is 246 g/mol. The number of carboxylic acids is 1. The number of benzene rings is 1. The Bertz CT molecular complexity index is 360. The highest BCUT2D eigenvalue weighted by Gasteiger charge is 2.30. The standard InChI is InChI=1S/C12H13F3O2/c13-12(14,15)7-6-10(11(16)17)8-9-4-2-1-3-5-9/h1-5,10H,6-8H2,(H,16,17). The van der Waals surface area contributed by atoms with Crippen molar-refractivity contribution in [1.29, 1.82) is 0 Å². The Kier molecular flexibility index (Phi) is 4.54. The summed E-state index contributed by atoms with van der Waals surface area (Å²) in [6.45, 7) is 0. The van der Waals surface area contributed by atoms with Gasteiger partial charge < -0.3 is 5.11 Å². The van der Waals surface area contributed by atoms with E-state index in [4.69, 9.17) is 5.11 Å². The zero-order chi connectivity index (χ0) is 12.9. The lowest BCUT2D eigenvalue weighted by molar-refractivity contribution is -0.148. The van der Waals surface area contributed by atoms with Crippen LogP contribution >= 0.6 is 0 Å². The summed E-state index contributed by atoms with van der Waals surface area (Å²) in [6.07, 6.45) is -5.61. The lowest BCUT2D eigenvalue weighted by atomic mass is 9.95. The highest BCUT2D eigenvalue weighted by atomic mass is 19.4. The normalized spacial score (nSPS) is 13.4. The first-order valence-corrected chi connectivity index (χ1v) is 5.22. The highest BCUT2D eigenvalue weighted by molar-refractivity contribution is 5.70. The summed E-state index contributed by atoms with van der Waals surface area (Å²) >= 11 is 0. The molecule has 0 saturated carbocycles. The van der Waals surface area contributed by atoms with Gasteiger partial charge in [0, 0.05) is 6.42 Å². The molecule has 0 aliphatic heterocycles. The molecule has 1 rings (SSSR count). The number of carbonyl (C=O) groups is 1. The van der Waals surface area contributed by atoms with E-state index in [0.717, 1.165) is 5.56 Å². The molecule has 94 valence electrons. The van der Waals surface area contributed by atoms with Crippen molar-refractivity contribution in [3.05, 3.63) is 35.9 Å². The third-order valence-corrected chi connectivity index (χ3v) is 2.45. The molecule has 0 bridgehead atoms. The van der Waals surface area contributed by atoms with Gasteiger partial charge in [-0.15, -0.1) is 0 Å². The number of alkyl halides is 3. The summed E-state index contributed by atoms with van der Waals surface area (Å²) in [4.78, 5) is 10.9. The molecule has 17 heavy (non-hydrogen) atoms. The molecule has 1 atom stereocenters. The minimum absolute atomic E-state index is 0.131. The molecule has 0 saturated heterocycles. The van der Waals surface area contributed by atoms with Crippen LogP contribution in [0.15, 0.2) is 30.3 Å². The van der Waals surface area contributed by atoms with Crippen molar-refractivity contribution in [3.63, 3.8) is 0 Å². The van der Waals surface area contributed by atoms with E-state index in [-0.39, 0.29) is 12.8 Å². The summed E-state index contributed by atoms with van der Waals surface area (Å²) in [5.41, 5.74) is 0.738. The van der Waals surface area contributed by atoms with Crippen molar-refractivity contribution < 1.29 is 23.1 Å². The minimum atomic E-state index is -4.30. The number of carboxylic acid groups (broad SMARTS) is 1. The Morgan fingerprint density at radius 1 is 1.24 bits per heavy atom. The fourth-order valence-corrected chi connectivity index (χ4v) is 1.55. The molecule has 2 nitrogen and oxygen atoms in total. The van der Waals surface area contributed by atoms with E-state index in [0.29, 0.717) is 0 Å². The fraction of sp³-hybridized carbons (Fsp3) is 0.417. The van der Waals surface area contributed by atoms with Crippen LogP contribution in [-0.2, 0) is 11.2 Å². The third-order valence-electron chi connectivity index (χ3n) is 2.45. The molecule has 1 unspecified atom stereocenters. The van der Waals surface area contributed by atoms with E-state index in [1.165, 1.54) is 0 Å². The van der Waals surface area contributed by atoms with Gasteiger partial charge in [0.05, 0.1) is 5.92 Å². The molecule has 0 radical (unpaired) electrons. The van der Waals surface area contributed by atoms with Crippen LogP contribution in [0.3, 0.4) is 0 Å². The van der Waals surface area contributed by atoms with Crippen molar-refractivity contribution in [2.75, 3.05) is 0 Å².